The summed E-state index contributed by atoms with van der Waals surface area (Å²) >= 11 is 5.77. The topological polar surface area (TPSA) is 38.8 Å². The molecule has 44 heavy (non-hydrogen) atoms. The highest BCUT2D eigenvalue weighted by Crippen LogP contribution is 2.31. The molecule has 0 aromatic heterocycles. The van der Waals surface area contributed by atoms with E-state index in [1.807, 2.05) is 24.3 Å². The van der Waals surface area contributed by atoms with Crippen molar-refractivity contribution in [1.82, 2.24) is 9.80 Å². The molecule has 236 valence electrons. The zero-order valence-corrected chi connectivity index (χ0v) is 26.2. The number of anilines is 2. The summed E-state index contributed by atoms with van der Waals surface area (Å²) in [6, 6.07) is 18.9. The van der Waals surface area contributed by atoms with Crippen LogP contribution in [-0.4, -0.2) is 76.7 Å². The van der Waals surface area contributed by atoms with E-state index in [4.69, 9.17) is 12.2 Å². The smallest absolute Gasteiger partial charge is 0.382 e. The molecule has 3 aromatic carbocycles. The molecule has 0 bridgehead atoms. The van der Waals surface area contributed by atoms with Crippen molar-refractivity contribution in [1.29, 1.82) is 0 Å². The first-order valence-electron chi connectivity index (χ1n) is 14.9. The Balaban J connectivity index is 0.997. The lowest BCUT2D eigenvalue weighted by Crippen LogP contribution is -2.47. The summed E-state index contributed by atoms with van der Waals surface area (Å²) in [5.74, 6) is 3.54. The minimum atomic E-state index is -4.31. The third-order valence-electron chi connectivity index (χ3n) is 8.44. The van der Waals surface area contributed by atoms with Crippen LogP contribution >= 0.6 is 12.2 Å². The number of nitrogens with one attached hydrogen (secondary N) is 1. The molecule has 3 aromatic rings. The standard InChI is InChI=1S/C33H38F4N4OS2/c1-44(42,30-12-6-26(34)7-13-30)31-14-8-27(9-15-31)38-28-16-19-41(20-17-28)32(43)3-2-18-39-21-23-40(24-22-39)29-10-4-25(5-11-29)33(35,36)37/h4-15,28,38H,1-3,16-24H2. The van der Waals surface area contributed by atoms with Gasteiger partial charge in [0.05, 0.1) is 10.6 Å². The zero-order valence-electron chi connectivity index (χ0n) is 24.6. The van der Waals surface area contributed by atoms with Crippen LogP contribution in [0, 0.1) is 5.82 Å². The Kier molecular flexibility index (Phi) is 10.2. The van der Waals surface area contributed by atoms with Crippen LogP contribution in [-0.2, 0) is 15.7 Å². The van der Waals surface area contributed by atoms with E-state index in [2.05, 4.69) is 25.9 Å². The van der Waals surface area contributed by atoms with Gasteiger partial charge < -0.3 is 15.1 Å². The second-order valence-electron chi connectivity index (χ2n) is 11.4. The number of piperazine rings is 1. The average Bonchev–Trinajstić information content (AvgIpc) is 3.02. The van der Waals surface area contributed by atoms with Crippen molar-refractivity contribution in [3.05, 3.63) is 84.2 Å². The minimum Gasteiger partial charge on any atom is -0.382 e. The van der Waals surface area contributed by atoms with Crippen LogP contribution in [0.2, 0.25) is 0 Å². The maximum atomic E-state index is 13.3. The zero-order chi connectivity index (χ0) is 31.3. The fraction of sp³-hybridized carbons (Fsp3) is 0.394. The van der Waals surface area contributed by atoms with Gasteiger partial charge in [0.1, 0.15) is 5.82 Å². The lowest BCUT2D eigenvalue weighted by molar-refractivity contribution is -0.137. The molecular formula is C33H38F4N4OS2. The fourth-order valence-electron chi connectivity index (χ4n) is 5.77. The van der Waals surface area contributed by atoms with Crippen LogP contribution < -0.4 is 10.2 Å². The molecule has 11 heteroatoms. The van der Waals surface area contributed by atoms with Gasteiger partial charge in [-0.2, -0.15) is 13.2 Å². The van der Waals surface area contributed by atoms with Gasteiger partial charge in [0.2, 0.25) is 0 Å². The molecular weight excluding hydrogens is 609 g/mol. The van der Waals surface area contributed by atoms with Gasteiger partial charge >= 0.3 is 6.18 Å². The predicted octanol–water partition coefficient (Wildman–Crippen LogP) is 6.79. The van der Waals surface area contributed by atoms with Crippen molar-refractivity contribution in [2.24, 2.45) is 0 Å². The third kappa shape index (κ3) is 8.11. The van der Waals surface area contributed by atoms with E-state index in [-0.39, 0.29) is 5.82 Å². The second-order valence-corrected chi connectivity index (χ2v) is 14.2. The van der Waals surface area contributed by atoms with Crippen molar-refractivity contribution in [2.75, 3.05) is 56.0 Å². The summed E-state index contributed by atoms with van der Waals surface area (Å²) in [6.45, 7) is 6.10. The quantitative estimate of drug-likeness (QED) is 0.204. The minimum absolute atomic E-state index is 0.321. The Bertz CT molecular complexity index is 1500. The second kappa shape index (κ2) is 13.9. The monoisotopic (exact) mass is 646 g/mol. The molecule has 1 N–H and O–H groups in total. The van der Waals surface area contributed by atoms with Crippen molar-refractivity contribution < 1.29 is 21.8 Å². The van der Waals surface area contributed by atoms with E-state index in [0.29, 0.717) is 15.8 Å². The van der Waals surface area contributed by atoms with Crippen LogP contribution in [0.1, 0.15) is 31.2 Å². The van der Waals surface area contributed by atoms with Crippen molar-refractivity contribution in [3.63, 3.8) is 0 Å². The molecule has 0 saturated carbocycles. The molecule has 2 aliphatic rings. The maximum absolute atomic E-state index is 13.3. The Morgan fingerprint density at radius 3 is 2.00 bits per heavy atom. The van der Waals surface area contributed by atoms with Crippen LogP contribution in [0.5, 0.6) is 0 Å². The number of hydrogen-bond donors (Lipinski definition) is 1. The van der Waals surface area contributed by atoms with E-state index in [1.54, 1.807) is 12.1 Å². The molecule has 2 heterocycles. The largest absolute Gasteiger partial charge is 0.416 e. The van der Waals surface area contributed by atoms with Crippen molar-refractivity contribution in [2.45, 2.75) is 47.7 Å². The van der Waals surface area contributed by atoms with Gasteiger partial charge in [0.25, 0.3) is 0 Å². The molecule has 2 saturated heterocycles. The summed E-state index contributed by atoms with van der Waals surface area (Å²) in [4.78, 5) is 8.96. The van der Waals surface area contributed by atoms with E-state index in [0.717, 1.165) is 100.0 Å². The first kappa shape index (κ1) is 32.2. The number of halogens is 4. The van der Waals surface area contributed by atoms with Gasteiger partial charge in [0.15, 0.2) is 0 Å². The SMILES string of the molecule is C=S(=O)(c1ccc(F)cc1)c1ccc(NC2CCN(C(=S)CCCN3CCN(c4ccc(C(F)(F)F)cc4)CC3)CC2)cc1. The van der Waals surface area contributed by atoms with Crippen LogP contribution in [0.4, 0.5) is 28.9 Å². The van der Waals surface area contributed by atoms with Crippen molar-refractivity contribution >= 4 is 44.0 Å². The van der Waals surface area contributed by atoms with Crippen LogP contribution in [0.15, 0.2) is 82.6 Å². The molecule has 0 spiro atoms. The lowest BCUT2D eigenvalue weighted by Gasteiger charge is -2.37. The Labute approximate surface area is 262 Å². The molecule has 0 amide bonds. The van der Waals surface area contributed by atoms with Gasteiger partial charge in [-0.25, -0.2) is 4.39 Å². The first-order chi connectivity index (χ1) is 21.0. The molecule has 0 radical (unpaired) electrons. The third-order valence-corrected chi connectivity index (χ3v) is 11.0. The highest BCUT2D eigenvalue weighted by Gasteiger charge is 2.30. The summed E-state index contributed by atoms with van der Waals surface area (Å²) in [7, 11) is -2.71. The number of alkyl halides is 3. The summed E-state index contributed by atoms with van der Waals surface area (Å²) in [5.41, 5.74) is 1.18. The summed E-state index contributed by atoms with van der Waals surface area (Å²) < 4.78 is 65.1. The maximum Gasteiger partial charge on any atom is 0.416 e. The summed E-state index contributed by atoms with van der Waals surface area (Å²) in [5, 5.41) is 3.58. The predicted molar refractivity (Wildman–Crippen MR) is 175 cm³/mol. The average molecular weight is 647 g/mol. The molecule has 5 rings (SSSR count). The number of thiocarbonyl (C=S) groups is 1. The number of likely N-dealkylation sites (tertiary alicyclic amines) is 1. The Morgan fingerprint density at radius 2 is 1.43 bits per heavy atom. The van der Waals surface area contributed by atoms with E-state index >= 15 is 0 Å². The molecule has 1 unspecified atom stereocenters. The molecule has 2 aliphatic heterocycles. The van der Waals surface area contributed by atoms with Crippen LogP contribution in [0.3, 0.4) is 0 Å². The Morgan fingerprint density at radius 1 is 0.864 bits per heavy atom. The number of benzene rings is 3. The summed E-state index contributed by atoms with van der Waals surface area (Å²) in [6.07, 6.45) is -0.525. The van der Waals surface area contributed by atoms with Crippen molar-refractivity contribution in [3.8, 4) is 0 Å². The highest BCUT2D eigenvalue weighted by molar-refractivity contribution is 8.00. The molecule has 0 aliphatic carbocycles. The van der Waals surface area contributed by atoms with Gasteiger partial charge in [-0.15, -0.1) is 0 Å². The number of nitrogens with zero attached hydrogens (tertiary/aromatic N) is 3. The molecule has 1 atom stereocenters. The molecule has 2 fully saturated rings. The van der Waals surface area contributed by atoms with Gasteiger partial charge in [-0.05, 0) is 111 Å². The molecule has 5 nitrogen and oxygen atoms in total. The van der Waals surface area contributed by atoms with Gasteiger partial charge in [-0.1, -0.05) is 12.2 Å². The normalized spacial score (nSPS) is 18.2. The Hall–Kier alpha value is -3.15. The van der Waals surface area contributed by atoms with E-state index in [9.17, 15) is 21.8 Å². The van der Waals surface area contributed by atoms with Gasteiger partial charge in [0, 0.05) is 76.0 Å². The number of piperidine rings is 1. The van der Waals surface area contributed by atoms with E-state index in [1.165, 1.54) is 24.3 Å². The van der Waals surface area contributed by atoms with Gasteiger partial charge in [-0.3, -0.25) is 9.11 Å². The van der Waals surface area contributed by atoms with E-state index < -0.39 is 21.3 Å². The van der Waals surface area contributed by atoms with Crippen LogP contribution in [0.25, 0.3) is 0 Å². The lowest BCUT2D eigenvalue weighted by atomic mass is 10.0. The number of hydrogen-bond acceptors (Lipinski definition) is 5. The fourth-order valence-corrected chi connectivity index (χ4v) is 7.52. The first-order valence-corrected chi connectivity index (χ1v) is 17.0. The number of rotatable bonds is 9. The highest BCUT2D eigenvalue weighted by atomic mass is 32.2.